The molecule has 151 valence electrons. The molecule has 0 aliphatic rings. The van der Waals surface area contributed by atoms with Crippen LogP contribution in [0.1, 0.15) is 142 Å². The lowest BCUT2D eigenvalue weighted by Crippen LogP contribution is -2.02. The molecule has 0 unspecified atom stereocenters. The Bertz CT molecular complexity index is 206. The molecule has 0 aromatic carbocycles. The van der Waals surface area contributed by atoms with Crippen LogP contribution in [0.2, 0.25) is 0 Å². The number of hydrogen-bond donors (Lipinski definition) is 0. The summed E-state index contributed by atoms with van der Waals surface area (Å²) in [5.41, 5.74) is 0. The summed E-state index contributed by atoms with van der Waals surface area (Å²) in [6.07, 6.45) is 27.5. The fraction of sp³-hybridized carbons (Fsp3) is 1.00. The molecule has 0 aliphatic heterocycles. The van der Waals surface area contributed by atoms with Crippen molar-refractivity contribution >= 4 is 0 Å². The predicted octanol–water partition coefficient (Wildman–Crippen LogP) is 8.87. The van der Waals surface area contributed by atoms with Crippen molar-refractivity contribution in [2.75, 3.05) is 6.61 Å². The average Bonchev–Trinajstić information content (AvgIpc) is 2.63. The van der Waals surface area contributed by atoms with Gasteiger partial charge in [-0.2, -0.15) is 0 Å². The first-order chi connectivity index (χ1) is 12.3. The molecule has 25 heavy (non-hydrogen) atoms. The first-order valence-electron chi connectivity index (χ1n) is 11.9. The Morgan fingerprint density at radius 1 is 0.440 bits per heavy atom. The summed E-state index contributed by atoms with van der Waals surface area (Å²) < 4.78 is 0. The van der Waals surface area contributed by atoms with E-state index in [2.05, 4.69) is 13.8 Å². The molecule has 1 nitrogen and oxygen atoms in total. The van der Waals surface area contributed by atoms with Gasteiger partial charge < -0.3 is 0 Å². The van der Waals surface area contributed by atoms with Crippen molar-refractivity contribution in [3.8, 4) is 0 Å². The Morgan fingerprint density at radius 2 is 0.760 bits per heavy atom. The second-order valence-electron chi connectivity index (χ2n) is 8.24. The number of hydrogen-bond acceptors (Lipinski definition) is 0. The molecule has 0 N–H and O–H groups in total. The van der Waals surface area contributed by atoms with Crippen LogP contribution in [0.4, 0.5) is 0 Å². The van der Waals surface area contributed by atoms with Gasteiger partial charge in [-0.3, -0.25) is 0 Å². The third-order valence-electron chi connectivity index (χ3n) is 5.69. The van der Waals surface area contributed by atoms with Gasteiger partial charge in [0.05, 0.1) is 6.61 Å². The number of rotatable bonds is 21. The molecule has 0 saturated carbocycles. The summed E-state index contributed by atoms with van der Waals surface area (Å²) in [7, 11) is 0. The molecule has 0 aromatic rings. The summed E-state index contributed by atoms with van der Waals surface area (Å²) in [6, 6.07) is 0. The van der Waals surface area contributed by atoms with Crippen LogP contribution in [-0.2, 0) is 5.11 Å². The largest absolute Gasteiger partial charge is 0.237 e. The van der Waals surface area contributed by atoms with E-state index in [9.17, 15) is 5.11 Å². The highest BCUT2D eigenvalue weighted by atomic mass is 16.2. The second-order valence-corrected chi connectivity index (χ2v) is 8.24. The molecule has 0 fully saturated rings. The lowest BCUT2D eigenvalue weighted by Gasteiger charge is -2.16. The Morgan fingerprint density at radius 3 is 1.12 bits per heavy atom. The first kappa shape index (κ1) is 25.0. The molecule has 1 radical (unpaired) electrons. The van der Waals surface area contributed by atoms with E-state index in [0.717, 1.165) is 12.3 Å². The van der Waals surface area contributed by atoms with E-state index in [1.165, 1.54) is 122 Å². The van der Waals surface area contributed by atoms with Crippen molar-refractivity contribution in [3.63, 3.8) is 0 Å². The zero-order chi connectivity index (χ0) is 18.4. The Balaban J connectivity index is 3.54. The zero-order valence-corrected chi connectivity index (χ0v) is 17.8. The first-order valence-corrected chi connectivity index (χ1v) is 11.9. The van der Waals surface area contributed by atoms with Crippen molar-refractivity contribution in [1.29, 1.82) is 0 Å². The molecular weight excluding hydrogens is 304 g/mol. The van der Waals surface area contributed by atoms with Crippen LogP contribution in [0.15, 0.2) is 0 Å². The van der Waals surface area contributed by atoms with Crippen molar-refractivity contribution in [1.82, 2.24) is 0 Å². The highest BCUT2D eigenvalue weighted by Gasteiger charge is 2.08. The van der Waals surface area contributed by atoms with Crippen LogP contribution in [0.25, 0.3) is 0 Å². The monoisotopic (exact) mass is 353 g/mol. The standard InChI is InChI=1S/C24H49O/c1-3-5-7-9-11-13-15-17-20-24(22-19-23-25)21-18-16-14-12-10-8-6-4-2/h24H,3-23H2,1-2H3. The molecule has 0 amide bonds. The molecule has 0 aliphatic carbocycles. The molecule has 1 heteroatoms. The molecule has 0 rings (SSSR count). The maximum Gasteiger partial charge on any atom is 0.0822 e. The lowest BCUT2D eigenvalue weighted by atomic mass is 9.90. The minimum absolute atomic E-state index is 0.130. The SMILES string of the molecule is CCCCCCCCCCC(CCC[O])CCCCCCCCCC. The van der Waals surface area contributed by atoms with Gasteiger partial charge in [0.25, 0.3) is 0 Å². The third kappa shape index (κ3) is 20.1. The zero-order valence-electron chi connectivity index (χ0n) is 17.8. The predicted molar refractivity (Wildman–Crippen MR) is 113 cm³/mol. The van der Waals surface area contributed by atoms with E-state index < -0.39 is 0 Å². The minimum atomic E-state index is 0.130. The van der Waals surface area contributed by atoms with E-state index >= 15 is 0 Å². The second kappa shape index (κ2) is 22.0. The van der Waals surface area contributed by atoms with Gasteiger partial charge in [0.15, 0.2) is 0 Å². The molecule has 0 aromatic heterocycles. The van der Waals surface area contributed by atoms with Crippen molar-refractivity contribution < 1.29 is 5.11 Å². The summed E-state index contributed by atoms with van der Waals surface area (Å²) in [5.74, 6) is 0.842. The molecule has 0 heterocycles. The molecule has 0 spiro atoms. The van der Waals surface area contributed by atoms with E-state index in [1.54, 1.807) is 0 Å². The Labute approximate surface area is 160 Å². The van der Waals surface area contributed by atoms with Crippen LogP contribution in [0.5, 0.6) is 0 Å². The van der Waals surface area contributed by atoms with E-state index in [0.29, 0.717) is 0 Å². The lowest BCUT2D eigenvalue weighted by molar-refractivity contribution is 0.177. The summed E-state index contributed by atoms with van der Waals surface area (Å²) in [5, 5.41) is 10.8. The minimum Gasteiger partial charge on any atom is -0.237 e. The van der Waals surface area contributed by atoms with Crippen LogP contribution in [-0.4, -0.2) is 6.61 Å². The van der Waals surface area contributed by atoms with Gasteiger partial charge >= 0.3 is 0 Å². The average molecular weight is 354 g/mol. The fourth-order valence-corrected chi connectivity index (χ4v) is 3.94. The normalized spacial score (nSPS) is 11.5. The van der Waals surface area contributed by atoms with Gasteiger partial charge in [0, 0.05) is 0 Å². The summed E-state index contributed by atoms with van der Waals surface area (Å²) in [4.78, 5) is 0. The maximum absolute atomic E-state index is 10.8. The highest BCUT2D eigenvalue weighted by molar-refractivity contribution is 4.61. The van der Waals surface area contributed by atoms with Crippen LogP contribution >= 0.6 is 0 Å². The van der Waals surface area contributed by atoms with Gasteiger partial charge in [-0.15, -0.1) is 0 Å². The highest BCUT2D eigenvalue weighted by Crippen LogP contribution is 2.23. The molecule has 0 bridgehead atoms. The van der Waals surface area contributed by atoms with Crippen LogP contribution in [0, 0.1) is 5.92 Å². The quantitative estimate of drug-likeness (QED) is 0.184. The topological polar surface area (TPSA) is 19.9 Å². The summed E-state index contributed by atoms with van der Waals surface area (Å²) >= 11 is 0. The molecule has 0 saturated heterocycles. The maximum atomic E-state index is 10.8. The van der Waals surface area contributed by atoms with E-state index in [1.807, 2.05) is 0 Å². The smallest absolute Gasteiger partial charge is 0.0822 e. The van der Waals surface area contributed by atoms with Crippen molar-refractivity contribution in [3.05, 3.63) is 0 Å². The van der Waals surface area contributed by atoms with Gasteiger partial charge in [-0.1, -0.05) is 129 Å². The van der Waals surface area contributed by atoms with Gasteiger partial charge in [-0.25, -0.2) is 5.11 Å². The fourth-order valence-electron chi connectivity index (χ4n) is 3.94. The van der Waals surface area contributed by atoms with Crippen molar-refractivity contribution in [2.45, 2.75) is 142 Å². The molecular formula is C24H49O. The number of unbranched alkanes of at least 4 members (excludes halogenated alkanes) is 14. The summed E-state index contributed by atoms with van der Waals surface area (Å²) in [6.45, 7) is 4.70. The van der Waals surface area contributed by atoms with Gasteiger partial charge in [0.2, 0.25) is 0 Å². The molecule has 0 atom stereocenters. The van der Waals surface area contributed by atoms with E-state index in [4.69, 9.17) is 0 Å². The van der Waals surface area contributed by atoms with Gasteiger partial charge in [-0.05, 0) is 18.8 Å². The van der Waals surface area contributed by atoms with E-state index in [-0.39, 0.29) is 6.61 Å². The third-order valence-corrected chi connectivity index (χ3v) is 5.69. The Hall–Kier alpha value is -0.0400. The van der Waals surface area contributed by atoms with Gasteiger partial charge in [0.1, 0.15) is 0 Å². The van der Waals surface area contributed by atoms with Crippen LogP contribution < -0.4 is 0 Å². The van der Waals surface area contributed by atoms with Crippen molar-refractivity contribution in [2.24, 2.45) is 5.92 Å². The van der Waals surface area contributed by atoms with Crippen LogP contribution in [0.3, 0.4) is 0 Å². The Kier molecular flexibility index (Phi) is 22.0.